The minimum Gasteiger partial charge on any atom is -0.389 e. The van der Waals surface area contributed by atoms with Crippen LogP contribution in [0.5, 0.6) is 0 Å². The van der Waals surface area contributed by atoms with E-state index in [1.54, 1.807) is 0 Å². The standard InChI is InChI=1S/C12H15FN2O2S2/c1-7-4-8(7)6-15-19(16,17)9-2-3-11(13)10(5-9)12(14)18/h2-3,5,7-8,15H,4,6H2,1H3,(H2,14,18). The molecular weight excluding hydrogens is 287 g/mol. The van der Waals surface area contributed by atoms with Gasteiger partial charge in [-0.15, -0.1) is 0 Å². The summed E-state index contributed by atoms with van der Waals surface area (Å²) in [7, 11) is -3.64. The number of nitrogens with two attached hydrogens (primary N) is 1. The highest BCUT2D eigenvalue weighted by atomic mass is 32.2. The number of halogens is 1. The lowest BCUT2D eigenvalue weighted by Crippen LogP contribution is -2.26. The van der Waals surface area contributed by atoms with E-state index in [1.165, 1.54) is 6.07 Å². The molecule has 0 aliphatic heterocycles. The first kappa shape index (κ1) is 14.4. The van der Waals surface area contributed by atoms with E-state index in [4.69, 9.17) is 5.73 Å². The van der Waals surface area contributed by atoms with Crippen molar-refractivity contribution in [1.29, 1.82) is 0 Å². The molecule has 2 atom stereocenters. The fourth-order valence-electron chi connectivity index (χ4n) is 1.84. The summed E-state index contributed by atoms with van der Waals surface area (Å²) >= 11 is 4.69. The molecule has 1 aromatic rings. The highest BCUT2D eigenvalue weighted by Gasteiger charge is 2.33. The average Bonchev–Trinajstić information content (AvgIpc) is 3.03. The van der Waals surface area contributed by atoms with Crippen molar-refractivity contribution in [2.45, 2.75) is 18.2 Å². The molecule has 4 nitrogen and oxygen atoms in total. The summed E-state index contributed by atoms with van der Waals surface area (Å²) in [5.74, 6) is 0.329. The largest absolute Gasteiger partial charge is 0.389 e. The van der Waals surface area contributed by atoms with Crippen LogP contribution in [0.1, 0.15) is 18.9 Å². The van der Waals surface area contributed by atoms with Gasteiger partial charge >= 0.3 is 0 Å². The topological polar surface area (TPSA) is 72.2 Å². The van der Waals surface area contributed by atoms with E-state index in [-0.39, 0.29) is 15.4 Å². The summed E-state index contributed by atoms with van der Waals surface area (Å²) in [5, 5.41) is 0. The quantitative estimate of drug-likeness (QED) is 0.806. The van der Waals surface area contributed by atoms with Gasteiger partial charge in [0.25, 0.3) is 0 Å². The molecule has 1 aliphatic rings. The van der Waals surface area contributed by atoms with Gasteiger partial charge in [0, 0.05) is 12.1 Å². The van der Waals surface area contributed by atoms with Gasteiger partial charge in [0.15, 0.2) is 0 Å². The van der Waals surface area contributed by atoms with Gasteiger partial charge in [-0.2, -0.15) is 0 Å². The van der Waals surface area contributed by atoms with Crippen molar-refractivity contribution >= 4 is 27.2 Å². The molecule has 0 aromatic heterocycles. The SMILES string of the molecule is CC1CC1CNS(=O)(=O)c1ccc(F)c(C(N)=S)c1. The Kier molecular flexibility index (Phi) is 3.89. The molecule has 0 radical (unpaired) electrons. The predicted molar refractivity (Wildman–Crippen MR) is 74.7 cm³/mol. The first-order chi connectivity index (χ1) is 8.81. The Labute approximate surface area is 117 Å². The number of hydrogen-bond donors (Lipinski definition) is 2. The average molecular weight is 302 g/mol. The third-order valence-electron chi connectivity index (χ3n) is 3.33. The second kappa shape index (κ2) is 5.15. The number of nitrogens with one attached hydrogen (secondary N) is 1. The molecule has 0 bridgehead atoms. The van der Waals surface area contributed by atoms with Gasteiger partial charge in [-0.1, -0.05) is 19.1 Å². The van der Waals surface area contributed by atoms with E-state index in [0.717, 1.165) is 18.6 Å². The Bertz CT molecular complexity index is 616. The molecule has 3 N–H and O–H groups in total. The molecular formula is C12H15FN2O2S2. The van der Waals surface area contributed by atoms with Crippen LogP contribution in [0.3, 0.4) is 0 Å². The second-order valence-electron chi connectivity index (χ2n) is 4.83. The lowest BCUT2D eigenvalue weighted by Gasteiger charge is -2.08. The van der Waals surface area contributed by atoms with E-state index in [0.29, 0.717) is 18.4 Å². The van der Waals surface area contributed by atoms with Crippen LogP contribution in [0.15, 0.2) is 23.1 Å². The van der Waals surface area contributed by atoms with Crippen LogP contribution in [-0.2, 0) is 10.0 Å². The van der Waals surface area contributed by atoms with Gasteiger partial charge in [0.05, 0.1) is 4.90 Å². The van der Waals surface area contributed by atoms with Crippen LogP contribution in [0.25, 0.3) is 0 Å². The lowest BCUT2D eigenvalue weighted by atomic mass is 10.2. The zero-order valence-electron chi connectivity index (χ0n) is 10.4. The Morgan fingerprint density at radius 3 is 2.74 bits per heavy atom. The second-order valence-corrected chi connectivity index (χ2v) is 7.04. The Morgan fingerprint density at radius 2 is 2.21 bits per heavy atom. The maximum atomic E-state index is 13.4. The van der Waals surface area contributed by atoms with E-state index >= 15 is 0 Å². The monoisotopic (exact) mass is 302 g/mol. The molecule has 7 heteroatoms. The van der Waals surface area contributed by atoms with Gasteiger partial charge in [-0.3, -0.25) is 0 Å². The zero-order valence-corrected chi connectivity index (χ0v) is 12.0. The predicted octanol–water partition coefficient (Wildman–Crippen LogP) is 1.39. The highest BCUT2D eigenvalue weighted by molar-refractivity contribution is 7.89. The molecule has 1 fully saturated rings. The van der Waals surface area contributed by atoms with Crippen molar-refractivity contribution in [3.05, 3.63) is 29.6 Å². The lowest BCUT2D eigenvalue weighted by molar-refractivity contribution is 0.573. The van der Waals surface area contributed by atoms with Crippen LogP contribution in [0.4, 0.5) is 4.39 Å². The van der Waals surface area contributed by atoms with Crippen molar-refractivity contribution in [3.8, 4) is 0 Å². The van der Waals surface area contributed by atoms with Gasteiger partial charge in [-0.25, -0.2) is 17.5 Å². The fourth-order valence-corrected chi connectivity index (χ4v) is 3.12. The maximum Gasteiger partial charge on any atom is 0.240 e. The van der Waals surface area contributed by atoms with Crippen LogP contribution >= 0.6 is 12.2 Å². The minimum atomic E-state index is -3.64. The number of rotatable bonds is 5. The Morgan fingerprint density at radius 1 is 1.58 bits per heavy atom. The van der Waals surface area contributed by atoms with Crippen LogP contribution in [0, 0.1) is 17.7 Å². The van der Waals surface area contributed by atoms with Gasteiger partial charge in [-0.05, 0) is 36.5 Å². The third-order valence-corrected chi connectivity index (χ3v) is 4.97. The van der Waals surface area contributed by atoms with Crippen LogP contribution in [0.2, 0.25) is 0 Å². The molecule has 0 spiro atoms. The van der Waals surface area contributed by atoms with E-state index in [1.807, 2.05) is 0 Å². The number of hydrogen-bond acceptors (Lipinski definition) is 3. The first-order valence-electron chi connectivity index (χ1n) is 5.90. The molecule has 19 heavy (non-hydrogen) atoms. The summed E-state index contributed by atoms with van der Waals surface area (Å²) < 4.78 is 40.0. The van der Waals surface area contributed by atoms with E-state index < -0.39 is 15.8 Å². The molecule has 104 valence electrons. The summed E-state index contributed by atoms with van der Waals surface area (Å²) in [5.41, 5.74) is 5.30. The van der Waals surface area contributed by atoms with Gasteiger partial charge < -0.3 is 5.73 Å². The number of thiocarbonyl (C=S) groups is 1. The van der Waals surface area contributed by atoms with Crippen molar-refractivity contribution in [1.82, 2.24) is 4.72 Å². The fraction of sp³-hybridized carbons (Fsp3) is 0.417. The molecule has 2 unspecified atom stereocenters. The van der Waals surface area contributed by atoms with Crippen molar-refractivity contribution in [2.75, 3.05) is 6.54 Å². The first-order valence-corrected chi connectivity index (χ1v) is 7.79. The third kappa shape index (κ3) is 3.29. The minimum absolute atomic E-state index is 0.0231. The molecule has 1 saturated carbocycles. The van der Waals surface area contributed by atoms with Crippen LogP contribution in [-0.4, -0.2) is 20.0 Å². The van der Waals surface area contributed by atoms with E-state index in [9.17, 15) is 12.8 Å². The summed E-state index contributed by atoms with van der Waals surface area (Å²) in [4.78, 5) is -0.185. The van der Waals surface area contributed by atoms with Crippen molar-refractivity contribution in [2.24, 2.45) is 17.6 Å². The number of benzene rings is 1. The van der Waals surface area contributed by atoms with Gasteiger partial charge in [0.1, 0.15) is 10.8 Å². The number of sulfonamides is 1. The molecule has 0 heterocycles. The van der Waals surface area contributed by atoms with Crippen molar-refractivity contribution < 1.29 is 12.8 Å². The highest BCUT2D eigenvalue weighted by Crippen LogP contribution is 2.37. The summed E-state index contributed by atoms with van der Waals surface area (Å²) in [6, 6.07) is 3.43. The molecule has 2 rings (SSSR count). The summed E-state index contributed by atoms with van der Waals surface area (Å²) in [6.07, 6.45) is 1.03. The zero-order chi connectivity index (χ0) is 14.2. The normalized spacial score (nSPS) is 22.2. The van der Waals surface area contributed by atoms with Crippen LogP contribution < -0.4 is 10.5 Å². The molecule has 0 amide bonds. The maximum absolute atomic E-state index is 13.4. The molecule has 1 aromatic carbocycles. The smallest absolute Gasteiger partial charge is 0.240 e. The Balaban J connectivity index is 2.20. The van der Waals surface area contributed by atoms with E-state index in [2.05, 4.69) is 23.9 Å². The van der Waals surface area contributed by atoms with Gasteiger partial charge in [0.2, 0.25) is 10.0 Å². The van der Waals surface area contributed by atoms with Crippen molar-refractivity contribution in [3.63, 3.8) is 0 Å². The molecule has 0 saturated heterocycles. The summed E-state index contributed by atoms with van der Waals surface area (Å²) in [6.45, 7) is 2.48. The Hall–Kier alpha value is -1.05. The molecule has 1 aliphatic carbocycles.